The number of hydrogen-bond acceptors (Lipinski definition) is 3. The Labute approximate surface area is 170 Å². The third-order valence-corrected chi connectivity index (χ3v) is 5.55. The van der Waals surface area contributed by atoms with Crippen LogP contribution in [0.5, 0.6) is 5.75 Å². The molecule has 4 rings (SSSR count). The summed E-state index contributed by atoms with van der Waals surface area (Å²) in [6, 6.07) is 14.0. The first kappa shape index (κ1) is 19.4. The first-order chi connectivity index (χ1) is 14.1. The molecule has 1 fully saturated rings. The van der Waals surface area contributed by atoms with E-state index in [2.05, 4.69) is 9.55 Å². The number of imidazole rings is 1. The maximum atomic E-state index is 13.0. The van der Waals surface area contributed by atoms with E-state index in [0.29, 0.717) is 31.4 Å². The second-order valence-corrected chi connectivity index (χ2v) is 7.84. The van der Waals surface area contributed by atoms with E-state index in [1.54, 1.807) is 12.1 Å². The number of carbonyl (C=O) groups is 1. The van der Waals surface area contributed by atoms with Crippen molar-refractivity contribution < 1.29 is 13.9 Å². The largest absolute Gasteiger partial charge is 0.493 e. The number of halogens is 1. The van der Waals surface area contributed by atoms with Crippen LogP contribution in [-0.4, -0.2) is 40.1 Å². The average molecular weight is 395 g/mol. The molecule has 0 unspecified atom stereocenters. The van der Waals surface area contributed by atoms with Gasteiger partial charge in [-0.1, -0.05) is 19.1 Å². The van der Waals surface area contributed by atoms with Crippen molar-refractivity contribution in [3.63, 3.8) is 0 Å². The average Bonchev–Trinajstić information content (AvgIpc) is 3.16. The van der Waals surface area contributed by atoms with Crippen LogP contribution >= 0.6 is 0 Å². The molecule has 1 aliphatic heterocycles. The Bertz CT molecular complexity index is 970. The maximum absolute atomic E-state index is 13.0. The Morgan fingerprint density at radius 3 is 2.86 bits per heavy atom. The lowest BCUT2D eigenvalue weighted by molar-refractivity contribution is -0.137. The van der Waals surface area contributed by atoms with Crippen LogP contribution in [0, 0.1) is 17.7 Å². The lowest BCUT2D eigenvalue weighted by Crippen LogP contribution is -2.44. The molecule has 1 aliphatic rings. The summed E-state index contributed by atoms with van der Waals surface area (Å²) in [6.45, 7) is 4.63. The summed E-state index contributed by atoms with van der Waals surface area (Å²) in [7, 11) is 0. The van der Waals surface area contributed by atoms with E-state index in [9.17, 15) is 9.18 Å². The van der Waals surface area contributed by atoms with Crippen molar-refractivity contribution in [2.24, 2.45) is 11.8 Å². The summed E-state index contributed by atoms with van der Waals surface area (Å²) in [4.78, 5) is 19.4. The van der Waals surface area contributed by atoms with E-state index in [-0.39, 0.29) is 17.6 Å². The third kappa shape index (κ3) is 4.58. The van der Waals surface area contributed by atoms with Gasteiger partial charge in [-0.05, 0) is 49.2 Å². The van der Waals surface area contributed by atoms with Crippen LogP contribution in [0.25, 0.3) is 11.0 Å². The number of nitrogens with zero attached hydrogens (tertiary/aromatic N) is 3. The molecule has 2 heterocycles. The molecule has 1 aromatic heterocycles. The monoisotopic (exact) mass is 395 g/mol. The van der Waals surface area contributed by atoms with Gasteiger partial charge >= 0.3 is 0 Å². The highest BCUT2D eigenvalue weighted by molar-refractivity contribution is 5.79. The fourth-order valence-electron chi connectivity index (χ4n) is 3.99. The smallest absolute Gasteiger partial charge is 0.227 e. The molecule has 0 saturated carbocycles. The van der Waals surface area contributed by atoms with Crippen LogP contribution in [-0.2, 0) is 11.3 Å². The van der Waals surface area contributed by atoms with Gasteiger partial charge in [-0.3, -0.25) is 4.79 Å². The number of carbonyl (C=O) groups excluding carboxylic acids is 1. The number of ether oxygens (including phenoxy) is 1. The Morgan fingerprint density at radius 1 is 1.24 bits per heavy atom. The number of piperidine rings is 1. The van der Waals surface area contributed by atoms with Gasteiger partial charge in [-0.2, -0.15) is 0 Å². The lowest BCUT2D eigenvalue weighted by atomic mass is 9.97. The van der Waals surface area contributed by atoms with Crippen LogP contribution in [0.3, 0.4) is 0 Å². The molecular formula is C23H26FN3O2. The quantitative estimate of drug-likeness (QED) is 0.631. The molecule has 0 bridgehead atoms. The molecule has 0 spiro atoms. The first-order valence-electron chi connectivity index (χ1n) is 10.2. The molecule has 0 aliphatic carbocycles. The highest BCUT2D eigenvalue weighted by Gasteiger charge is 2.27. The Kier molecular flexibility index (Phi) is 5.79. The number of rotatable bonds is 6. The highest BCUT2D eigenvalue weighted by Crippen LogP contribution is 2.22. The second-order valence-electron chi connectivity index (χ2n) is 7.84. The molecular weight excluding hydrogens is 369 g/mol. The molecule has 5 nitrogen and oxygen atoms in total. The number of benzene rings is 2. The minimum absolute atomic E-state index is 0.121. The van der Waals surface area contributed by atoms with Crippen molar-refractivity contribution in [3.05, 3.63) is 60.7 Å². The second kappa shape index (κ2) is 8.64. The van der Waals surface area contributed by atoms with E-state index >= 15 is 0 Å². The predicted molar refractivity (Wildman–Crippen MR) is 110 cm³/mol. The standard InChI is InChI=1S/C23H26FN3O2/c1-17(13-27-16-25-21-6-2-3-7-22(21)27)23(28)26-12-4-5-18(14-26)15-29-20-10-8-19(24)9-11-20/h2-3,6-11,16-18H,4-5,12-15H2,1H3/t17-,18-/m0/s1. The zero-order valence-corrected chi connectivity index (χ0v) is 16.6. The van der Waals surface area contributed by atoms with Crippen molar-refractivity contribution in [1.29, 1.82) is 0 Å². The van der Waals surface area contributed by atoms with Crippen molar-refractivity contribution in [2.75, 3.05) is 19.7 Å². The number of amides is 1. The fraction of sp³-hybridized carbons (Fsp3) is 0.391. The summed E-state index contributed by atoms with van der Waals surface area (Å²) in [5.74, 6) is 0.735. The summed E-state index contributed by atoms with van der Waals surface area (Å²) in [6.07, 6.45) is 3.82. The van der Waals surface area contributed by atoms with E-state index < -0.39 is 0 Å². The van der Waals surface area contributed by atoms with Crippen LogP contribution < -0.4 is 4.74 Å². The van der Waals surface area contributed by atoms with E-state index in [0.717, 1.165) is 30.4 Å². The van der Waals surface area contributed by atoms with Crippen LogP contribution in [0.4, 0.5) is 4.39 Å². The van der Waals surface area contributed by atoms with Gasteiger partial charge in [0.15, 0.2) is 0 Å². The van der Waals surface area contributed by atoms with E-state index in [1.807, 2.05) is 42.4 Å². The SMILES string of the molecule is C[C@@H](Cn1cnc2ccccc21)C(=O)N1CCC[C@H](COc2ccc(F)cc2)C1. The predicted octanol–water partition coefficient (Wildman–Crippen LogP) is 4.13. The zero-order valence-electron chi connectivity index (χ0n) is 16.6. The van der Waals surface area contributed by atoms with E-state index in [4.69, 9.17) is 4.74 Å². The van der Waals surface area contributed by atoms with Gasteiger partial charge in [0.25, 0.3) is 0 Å². The summed E-state index contributed by atoms with van der Waals surface area (Å²) < 4.78 is 20.9. The first-order valence-corrected chi connectivity index (χ1v) is 10.2. The molecule has 29 heavy (non-hydrogen) atoms. The molecule has 0 N–H and O–H groups in total. The Hall–Kier alpha value is -2.89. The van der Waals surface area contributed by atoms with E-state index in [1.165, 1.54) is 12.1 Å². The van der Waals surface area contributed by atoms with Crippen LogP contribution in [0.15, 0.2) is 54.9 Å². The number of hydrogen-bond donors (Lipinski definition) is 0. The van der Waals surface area contributed by atoms with Crippen LogP contribution in [0.1, 0.15) is 19.8 Å². The summed E-state index contributed by atoms with van der Waals surface area (Å²) in [5.41, 5.74) is 2.00. The van der Waals surface area contributed by atoms with Crippen molar-refractivity contribution >= 4 is 16.9 Å². The molecule has 6 heteroatoms. The van der Waals surface area contributed by atoms with Crippen molar-refractivity contribution in [3.8, 4) is 5.75 Å². The van der Waals surface area contributed by atoms with Gasteiger partial charge in [0.1, 0.15) is 11.6 Å². The van der Waals surface area contributed by atoms with Gasteiger partial charge in [-0.25, -0.2) is 9.37 Å². The summed E-state index contributed by atoms with van der Waals surface area (Å²) in [5, 5.41) is 0. The maximum Gasteiger partial charge on any atom is 0.227 e. The number of para-hydroxylation sites is 2. The van der Waals surface area contributed by atoms with Gasteiger partial charge < -0.3 is 14.2 Å². The molecule has 1 amide bonds. The van der Waals surface area contributed by atoms with Crippen molar-refractivity contribution in [2.45, 2.75) is 26.3 Å². The van der Waals surface area contributed by atoms with Crippen LogP contribution in [0.2, 0.25) is 0 Å². The molecule has 2 atom stereocenters. The van der Waals surface area contributed by atoms with Crippen molar-refractivity contribution in [1.82, 2.24) is 14.5 Å². The molecule has 2 aromatic carbocycles. The number of fused-ring (bicyclic) bond motifs is 1. The van der Waals surface area contributed by atoms with Gasteiger partial charge in [-0.15, -0.1) is 0 Å². The third-order valence-electron chi connectivity index (χ3n) is 5.55. The number of aromatic nitrogens is 2. The molecule has 1 saturated heterocycles. The Morgan fingerprint density at radius 2 is 2.03 bits per heavy atom. The lowest BCUT2D eigenvalue weighted by Gasteiger charge is -2.34. The van der Waals surface area contributed by atoms with Gasteiger partial charge in [0.05, 0.1) is 29.9 Å². The molecule has 152 valence electrons. The topological polar surface area (TPSA) is 47.4 Å². The zero-order chi connectivity index (χ0) is 20.2. The fourth-order valence-corrected chi connectivity index (χ4v) is 3.99. The highest BCUT2D eigenvalue weighted by atomic mass is 19.1. The molecule has 3 aromatic rings. The summed E-state index contributed by atoms with van der Waals surface area (Å²) >= 11 is 0. The van der Waals surface area contributed by atoms with Gasteiger partial charge in [0.2, 0.25) is 5.91 Å². The Balaban J connectivity index is 1.33. The minimum atomic E-state index is -0.272. The number of likely N-dealkylation sites (tertiary alicyclic amines) is 1. The molecule has 0 radical (unpaired) electrons. The normalized spacial score (nSPS) is 18.0. The minimum Gasteiger partial charge on any atom is -0.493 e. The van der Waals surface area contributed by atoms with Gasteiger partial charge in [0, 0.05) is 25.6 Å².